The van der Waals surface area contributed by atoms with E-state index in [0.29, 0.717) is 17.4 Å². The lowest BCUT2D eigenvalue weighted by Gasteiger charge is -2.14. The van der Waals surface area contributed by atoms with Crippen molar-refractivity contribution in [3.8, 4) is 0 Å². The summed E-state index contributed by atoms with van der Waals surface area (Å²) in [4.78, 5) is 12.1. The Morgan fingerprint density at radius 2 is 2.00 bits per heavy atom. The molecule has 4 heteroatoms. The van der Waals surface area contributed by atoms with E-state index in [1.807, 2.05) is 20.9 Å². The van der Waals surface area contributed by atoms with Gasteiger partial charge in [-0.25, -0.2) is 0 Å². The number of aryl methyl sites for hydroxylation is 2. The molecule has 0 aliphatic carbocycles. The molecule has 3 nitrogen and oxygen atoms in total. The van der Waals surface area contributed by atoms with Crippen LogP contribution in [0.2, 0.25) is 5.02 Å². The Labute approximate surface area is 108 Å². The van der Waals surface area contributed by atoms with Crippen LogP contribution < -0.4 is 0 Å². The van der Waals surface area contributed by atoms with E-state index in [1.54, 1.807) is 4.68 Å². The van der Waals surface area contributed by atoms with Crippen molar-refractivity contribution >= 4 is 17.4 Å². The minimum Gasteiger partial charge on any atom is -0.299 e. The molecule has 0 spiro atoms. The van der Waals surface area contributed by atoms with E-state index in [0.717, 1.165) is 17.8 Å². The molecule has 1 unspecified atom stereocenters. The number of Topliss-reactive ketones (excluding diaryl/α,β-unsaturated/α-hetero) is 1. The third kappa shape index (κ3) is 3.09. The number of hydrogen-bond acceptors (Lipinski definition) is 2. The van der Waals surface area contributed by atoms with Crippen LogP contribution in [0.5, 0.6) is 0 Å². The monoisotopic (exact) mass is 256 g/mol. The molecule has 1 aromatic rings. The molecule has 0 saturated heterocycles. The van der Waals surface area contributed by atoms with Gasteiger partial charge in [-0.15, -0.1) is 0 Å². The molecular formula is C13H21ClN2O. The zero-order valence-electron chi connectivity index (χ0n) is 11.2. The molecule has 0 saturated carbocycles. The molecule has 0 aliphatic heterocycles. The highest BCUT2D eigenvalue weighted by molar-refractivity contribution is 6.32. The van der Waals surface area contributed by atoms with Crippen molar-refractivity contribution in [2.24, 2.45) is 18.9 Å². The summed E-state index contributed by atoms with van der Waals surface area (Å²) in [5.41, 5.74) is 1.70. The number of halogens is 1. The Morgan fingerprint density at radius 1 is 1.41 bits per heavy atom. The standard InChI is InChI=1S/C13H21ClN2O/c1-6-10-13(14)11(16(5)15-10)7-12(17)9(4)8(2)3/h8-9H,6-7H2,1-5H3. The highest BCUT2D eigenvalue weighted by Gasteiger charge is 2.21. The van der Waals surface area contributed by atoms with Gasteiger partial charge in [-0.05, 0) is 12.3 Å². The number of carbonyl (C=O) groups excluding carboxylic acids is 1. The first-order valence-corrected chi connectivity index (χ1v) is 6.49. The molecule has 0 N–H and O–H groups in total. The second-order valence-electron chi connectivity index (χ2n) is 4.86. The average molecular weight is 257 g/mol. The quantitative estimate of drug-likeness (QED) is 0.812. The van der Waals surface area contributed by atoms with Crippen molar-refractivity contribution in [1.82, 2.24) is 9.78 Å². The van der Waals surface area contributed by atoms with Gasteiger partial charge in [0.15, 0.2) is 0 Å². The lowest BCUT2D eigenvalue weighted by Crippen LogP contribution is -2.20. The topological polar surface area (TPSA) is 34.9 Å². The summed E-state index contributed by atoms with van der Waals surface area (Å²) in [6.45, 7) is 8.10. The van der Waals surface area contributed by atoms with E-state index in [4.69, 9.17) is 11.6 Å². The van der Waals surface area contributed by atoms with Crippen molar-refractivity contribution in [1.29, 1.82) is 0 Å². The van der Waals surface area contributed by atoms with Crippen LogP contribution in [0.3, 0.4) is 0 Å². The lowest BCUT2D eigenvalue weighted by atomic mass is 9.91. The minimum atomic E-state index is 0.0612. The van der Waals surface area contributed by atoms with Crippen LogP contribution in [0.1, 0.15) is 39.1 Å². The number of rotatable bonds is 5. The predicted octanol–water partition coefficient (Wildman–Crippen LogP) is 3.04. The smallest absolute Gasteiger partial charge is 0.141 e. The summed E-state index contributed by atoms with van der Waals surface area (Å²) in [6, 6.07) is 0. The van der Waals surface area contributed by atoms with E-state index in [9.17, 15) is 4.79 Å². The van der Waals surface area contributed by atoms with Crippen LogP contribution in [0.25, 0.3) is 0 Å². The van der Waals surface area contributed by atoms with Gasteiger partial charge in [-0.1, -0.05) is 39.3 Å². The van der Waals surface area contributed by atoms with Crippen LogP contribution in [0.4, 0.5) is 0 Å². The van der Waals surface area contributed by atoms with Crippen molar-refractivity contribution < 1.29 is 4.79 Å². The fourth-order valence-electron chi connectivity index (χ4n) is 1.71. The van der Waals surface area contributed by atoms with Gasteiger partial charge in [0.25, 0.3) is 0 Å². The average Bonchev–Trinajstić information content (AvgIpc) is 2.55. The van der Waals surface area contributed by atoms with Crippen LogP contribution >= 0.6 is 11.6 Å². The van der Waals surface area contributed by atoms with Crippen LogP contribution in [0, 0.1) is 11.8 Å². The highest BCUT2D eigenvalue weighted by atomic mass is 35.5. The fraction of sp³-hybridized carbons (Fsp3) is 0.692. The number of aromatic nitrogens is 2. The number of nitrogens with zero attached hydrogens (tertiary/aromatic N) is 2. The van der Waals surface area contributed by atoms with E-state index < -0.39 is 0 Å². The van der Waals surface area contributed by atoms with Gasteiger partial charge in [-0.3, -0.25) is 9.48 Å². The summed E-state index contributed by atoms with van der Waals surface area (Å²) < 4.78 is 1.73. The Morgan fingerprint density at radius 3 is 2.41 bits per heavy atom. The molecule has 1 rings (SSSR count). The lowest BCUT2D eigenvalue weighted by molar-refractivity contribution is -0.123. The number of ketones is 1. The first-order chi connectivity index (χ1) is 7.88. The summed E-state index contributed by atoms with van der Waals surface area (Å²) in [7, 11) is 1.84. The molecule has 1 heterocycles. The molecule has 17 heavy (non-hydrogen) atoms. The van der Waals surface area contributed by atoms with Crippen molar-refractivity contribution in [3.05, 3.63) is 16.4 Å². The summed E-state index contributed by atoms with van der Waals surface area (Å²) in [5.74, 6) is 0.652. The second-order valence-corrected chi connectivity index (χ2v) is 5.24. The van der Waals surface area contributed by atoms with Crippen molar-refractivity contribution in [2.45, 2.75) is 40.5 Å². The molecule has 0 bridgehead atoms. The predicted molar refractivity (Wildman–Crippen MR) is 70.3 cm³/mol. The summed E-state index contributed by atoms with van der Waals surface area (Å²) >= 11 is 6.22. The molecule has 96 valence electrons. The van der Waals surface area contributed by atoms with E-state index in [2.05, 4.69) is 18.9 Å². The minimum absolute atomic E-state index is 0.0612. The molecule has 0 aromatic carbocycles. The van der Waals surface area contributed by atoms with Gasteiger partial charge >= 0.3 is 0 Å². The molecule has 1 aromatic heterocycles. The van der Waals surface area contributed by atoms with Gasteiger partial charge in [0.2, 0.25) is 0 Å². The maximum Gasteiger partial charge on any atom is 0.141 e. The van der Waals surface area contributed by atoms with Gasteiger partial charge < -0.3 is 0 Å². The zero-order valence-corrected chi connectivity index (χ0v) is 12.0. The SMILES string of the molecule is CCc1nn(C)c(CC(=O)C(C)C(C)C)c1Cl. The highest BCUT2D eigenvalue weighted by Crippen LogP contribution is 2.23. The first-order valence-electron chi connectivity index (χ1n) is 6.11. The van der Waals surface area contributed by atoms with Crippen LogP contribution in [-0.2, 0) is 24.7 Å². The maximum atomic E-state index is 12.1. The van der Waals surface area contributed by atoms with Crippen molar-refractivity contribution in [2.75, 3.05) is 0 Å². The zero-order chi connectivity index (χ0) is 13.2. The van der Waals surface area contributed by atoms with E-state index in [1.165, 1.54) is 0 Å². The fourth-order valence-corrected chi connectivity index (χ4v) is 2.07. The third-order valence-electron chi connectivity index (χ3n) is 3.35. The largest absolute Gasteiger partial charge is 0.299 e. The summed E-state index contributed by atoms with van der Waals surface area (Å²) in [6.07, 6.45) is 1.17. The number of carbonyl (C=O) groups is 1. The normalized spacial score (nSPS) is 13.1. The van der Waals surface area contributed by atoms with Gasteiger partial charge in [0.05, 0.1) is 22.8 Å². The van der Waals surface area contributed by atoms with E-state index >= 15 is 0 Å². The Bertz CT molecular complexity index is 410. The van der Waals surface area contributed by atoms with Crippen LogP contribution in [0.15, 0.2) is 0 Å². The molecule has 0 aliphatic rings. The van der Waals surface area contributed by atoms with Crippen molar-refractivity contribution in [3.63, 3.8) is 0 Å². The van der Waals surface area contributed by atoms with Gasteiger partial charge in [0.1, 0.15) is 5.78 Å². The summed E-state index contributed by atoms with van der Waals surface area (Å²) in [5, 5.41) is 4.97. The molecule has 0 radical (unpaired) electrons. The molecule has 0 amide bonds. The second kappa shape index (κ2) is 5.67. The Balaban J connectivity index is 2.89. The van der Waals surface area contributed by atoms with E-state index in [-0.39, 0.29) is 11.7 Å². The first kappa shape index (κ1) is 14.2. The van der Waals surface area contributed by atoms with Crippen LogP contribution in [-0.4, -0.2) is 15.6 Å². The van der Waals surface area contributed by atoms with Gasteiger partial charge in [0, 0.05) is 13.0 Å². The molecule has 0 fully saturated rings. The number of hydrogen-bond donors (Lipinski definition) is 0. The Kier molecular flexibility index (Phi) is 4.75. The third-order valence-corrected chi connectivity index (χ3v) is 3.79. The Hall–Kier alpha value is -0.830. The molecular weight excluding hydrogens is 236 g/mol. The van der Waals surface area contributed by atoms with Gasteiger partial charge in [-0.2, -0.15) is 5.10 Å². The molecule has 1 atom stereocenters. The maximum absolute atomic E-state index is 12.1.